The normalized spacial score (nSPS) is 16.3. The number of carbonyl (C=O) groups is 1. The highest BCUT2D eigenvalue weighted by atomic mass is 79.9. The van der Waals surface area contributed by atoms with Crippen LogP contribution >= 0.6 is 27.3 Å². The predicted molar refractivity (Wildman–Crippen MR) is 97.9 cm³/mol. The number of piperazine rings is 1. The Morgan fingerprint density at radius 3 is 2.21 bits per heavy atom. The van der Waals surface area contributed by atoms with Crippen LogP contribution in [0.4, 0.5) is 0 Å². The number of nitrogens with zero attached hydrogens (tertiary/aromatic N) is 2. The van der Waals surface area contributed by atoms with Gasteiger partial charge in [-0.2, -0.15) is 4.31 Å². The minimum atomic E-state index is -3.50. The average Bonchev–Trinajstić information content (AvgIpc) is 3.01. The Kier molecular flexibility index (Phi) is 5.10. The van der Waals surface area contributed by atoms with Crippen LogP contribution in [0.5, 0.6) is 0 Å². The molecule has 1 aromatic carbocycles. The molecule has 0 bridgehead atoms. The summed E-state index contributed by atoms with van der Waals surface area (Å²) in [6, 6.07) is 10.5. The van der Waals surface area contributed by atoms with Crippen LogP contribution in [0.15, 0.2) is 45.1 Å². The van der Waals surface area contributed by atoms with E-state index in [0.29, 0.717) is 36.0 Å². The molecule has 1 aliphatic rings. The summed E-state index contributed by atoms with van der Waals surface area (Å²) < 4.78 is 27.7. The standard InChI is InChI=1S/C16H17BrN2O3S2/c1-12-2-4-13(5-3-12)24(21,22)19-10-8-18(9-11-19)16(20)14-6-7-15(17)23-14/h2-7H,8-11H2,1H3. The second-order valence-corrected chi connectivity index (χ2v) is 10.0. The van der Waals surface area contributed by atoms with E-state index in [1.165, 1.54) is 15.6 Å². The van der Waals surface area contributed by atoms with Gasteiger partial charge in [0.1, 0.15) is 0 Å². The van der Waals surface area contributed by atoms with Crippen molar-refractivity contribution in [3.05, 3.63) is 50.6 Å². The van der Waals surface area contributed by atoms with Gasteiger partial charge in [0.15, 0.2) is 0 Å². The van der Waals surface area contributed by atoms with Crippen LogP contribution in [0.1, 0.15) is 15.2 Å². The van der Waals surface area contributed by atoms with Gasteiger partial charge in [-0.15, -0.1) is 11.3 Å². The van der Waals surface area contributed by atoms with E-state index in [9.17, 15) is 13.2 Å². The number of rotatable bonds is 3. The van der Waals surface area contributed by atoms with E-state index in [4.69, 9.17) is 0 Å². The first kappa shape index (κ1) is 17.6. The van der Waals surface area contributed by atoms with Crippen molar-refractivity contribution in [3.8, 4) is 0 Å². The van der Waals surface area contributed by atoms with Gasteiger partial charge in [-0.25, -0.2) is 8.42 Å². The highest BCUT2D eigenvalue weighted by molar-refractivity contribution is 9.11. The number of thiophene rings is 1. The number of hydrogen-bond donors (Lipinski definition) is 0. The highest BCUT2D eigenvalue weighted by Crippen LogP contribution is 2.24. The molecule has 24 heavy (non-hydrogen) atoms. The molecule has 2 heterocycles. The first-order valence-corrected chi connectivity index (χ1v) is 10.5. The molecule has 1 amide bonds. The van der Waals surface area contributed by atoms with Crippen molar-refractivity contribution < 1.29 is 13.2 Å². The molecule has 0 N–H and O–H groups in total. The molecule has 0 aliphatic carbocycles. The largest absolute Gasteiger partial charge is 0.335 e. The molecular formula is C16H17BrN2O3S2. The van der Waals surface area contributed by atoms with Gasteiger partial charge in [0, 0.05) is 26.2 Å². The topological polar surface area (TPSA) is 57.7 Å². The molecule has 0 radical (unpaired) electrons. The van der Waals surface area contributed by atoms with Gasteiger partial charge in [0.05, 0.1) is 13.6 Å². The van der Waals surface area contributed by atoms with Crippen molar-refractivity contribution in [1.29, 1.82) is 0 Å². The zero-order valence-corrected chi connectivity index (χ0v) is 16.3. The lowest BCUT2D eigenvalue weighted by molar-refractivity contribution is 0.0703. The van der Waals surface area contributed by atoms with Gasteiger partial charge in [0.25, 0.3) is 5.91 Å². The van der Waals surface area contributed by atoms with Crippen LogP contribution < -0.4 is 0 Å². The molecule has 1 aromatic heterocycles. The van der Waals surface area contributed by atoms with Crippen LogP contribution in [-0.2, 0) is 10.0 Å². The number of benzene rings is 1. The Hall–Kier alpha value is -1.22. The van der Waals surface area contributed by atoms with Crippen LogP contribution in [0.2, 0.25) is 0 Å². The van der Waals surface area contributed by atoms with Crippen molar-refractivity contribution in [1.82, 2.24) is 9.21 Å². The van der Waals surface area contributed by atoms with Crippen LogP contribution in [0.3, 0.4) is 0 Å². The predicted octanol–water partition coefficient (Wildman–Crippen LogP) is 2.97. The number of aryl methyl sites for hydroxylation is 1. The van der Waals surface area contributed by atoms with Crippen molar-refractivity contribution in [2.45, 2.75) is 11.8 Å². The molecule has 128 valence electrons. The first-order chi connectivity index (χ1) is 11.4. The fourth-order valence-electron chi connectivity index (χ4n) is 2.58. The van der Waals surface area contributed by atoms with E-state index in [1.54, 1.807) is 35.2 Å². The zero-order valence-electron chi connectivity index (χ0n) is 13.1. The monoisotopic (exact) mass is 428 g/mol. The molecule has 1 saturated heterocycles. The average molecular weight is 429 g/mol. The number of hydrogen-bond acceptors (Lipinski definition) is 4. The van der Waals surface area contributed by atoms with Crippen molar-refractivity contribution >= 4 is 43.2 Å². The number of amides is 1. The van der Waals surface area contributed by atoms with Crippen molar-refractivity contribution in [2.24, 2.45) is 0 Å². The lowest BCUT2D eigenvalue weighted by atomic mass is 10.2. The third kappa shape index (κ3) is 3.56. The second-order valence-electron chi connectivity index (χ2n) is 5.61. The lowest BCUT2D eigenvalue weighted by Crippen LogP contribution is -2.50. The van der Waals surface area contributed by atoms with Gasteiger partial charge in [-0.05, 0) is 47.1 Å². The molecule has 0 unspecified atom stereocenters. The molecular weight excluding hydrogens is 412 g/mol. The van der Waals surface area contributed by atoms with Crippen LogP contribution in [0.25, 0.3) is 0 Å². The molecule has 0 spiro atoms. The van der Waals surface area contributed by atoms with E-state index in [2.05, 4.69) is 15.9 Å². The minimum Gasteiger partial charge on any atom is -0.335 e. The van der Waals surface area contributed by atoms with E-state index in [0.717, 1.165) is 9.35 Å². The maximum atomic E-state index is 12.7. The Balaban J connectivity index is 1.68. The summed E-state index contributed by atoms with van der Waals surface area (Å²) in [5.41, 5.74) is 1.02. The van der Waals surface area contributed by atoms with E-state index in [-0.39, 0.29) is 5.91 Å². The Labute approximate surface area is 154 Å². The summed E-state index contributed by atoms with van der Waals surface area (Å²) in [7, 11) is -3.50. The summed E-state index contributed by atoms with van der Waals surface area (Å²) in [5.74, 6) is -0.0434. The van der Waals surface area contributed by atoms with E-state index < -0.39 is 10.0 Å². The van der Waals surface area contributed by atoms with Crippen LogP contribution in [-0.4, -0.2) is 49.7 Å². The molecule has 1 aliphatic heterocycles. The SMILES string of the molecule is Cc1ccc(S(=O)(=O)N2CCN(C(=O)c3ccc(Br)s3)CC2)cc1. The maximum absolute atomic E-state index is 12.7. The third-order valence-electron chi connectivity index (χ3n) is 3.97. The van der Waals surface area contributed by atoms with Crippen LogP contribution in [0, 0.1) is 6.92 Å². The fraction of sp³-hybridized carbons (Fsp3) is 0.312. The third-order valence-corrected chi connectivity index (χ3v) is 7.49. The molecule has 1 fully saturated rings. The maximum Gasteiger partial charge on any atom is 0.264 e. The van der Waals surface area contributed by atoms with Crippen molar-refractivity contribution in [3.63, 3.8) is 0 Å². The quantitative estimate of drug-likeness (QED) is 0.754. The number of sulfonamides is 1. The Morgan fingerprint density at radius 1 is 1.04 bits per heavy atom. The highest BCUT2D eigenvalue weighted by Gasteiger charge is 2.30. The molecule has 3 rings (SSSR count). The summed E-state index contributed by atoms with van der Waals surface area (Å²) in [6.07, 6.45) is 0. The summed E-state index contributed by atoms with van der Waals surface area (Å²) >= 11 is 4.74. The summed E-state index contributed by atoms with van der Waals surface area (Å²) in [4.78, 5) is 15.1. The Bertz CT molecular complexity index is 838. The Morgan fingerprint density at radius 2 is 1.67 bits per heavy atom. The van der Waals surface area contributed by atoms with Gasteiger partial charge in [-0.3, -0.25) is 4.79 Å². The molecule has 0 saturated carbocycles. The first-order valence-electron chi connectivity index (χ1n) is 7.49. The molecule has 2 aromatic rings. The van der Waals surface area contributed by atoms with E-state index >= 15 is 0 Å². The lowest BCUT2D eigenvalue weighted by Gasteiger charge is -2.33. The van der Waals surface area contributed by atoms with Crippen molar-refractivity contribution in [2.75, 3.05) is 26.2 Å². The second kappa shape index (κ2) is 6.95. The molecule has 5 nitrogen and oxygen atoms in total. The van der Waals surface area contributed by atoms with E-state index in [1.807, 2.05) is 13.0 Å². The summed E-state index contributed by atoms with van der Waals surface area (Å²) in [5, 5.41) is 0. The molecule has 8 heteroatoms. The molecule has 0 atom stereocenters. The van der Waals surface area contributed by atoms with Gasteiger partial charge in [-0.1, -0.05) is 17.7 Å². The smallest absolute Gasteiger partial charge is 0.264 e. The fourth-order valence-corrected chi connectivity index (χ4v) is 5.35. The zero-order chi connectivity index (χ0) is 17.3. The minimum absolute atomic E-state index is 0.0434. The summed E-state index contributed by atoms with van der Waals surface area (Å²) in [6.45, 7) is 3.35. The number of carbonyl (C=O) groups excluding carboxylic acids is 1. The van der Waals surface area contributed by atoms with Gasteiger partial charge >= 0.3 is 0 Å². The van der Waals surface area contributed by atoms with Gasteiger partial charge in [0.2, 0.25) is 10.0 Å². The van der Waals surface area contributed by atoms with Gasteiger partial charge < -0.3 is 4.90 Å². The number of halogens is 1.